The van der Waals surface area contributed by atoms with Crippen molar-refractivity contribution in [1.82, 2.24) is 5.32 Å². The Balaban J connectivity index is 2.40. The highest BCUT2D eigenvalue weighted by molar-refractivity contribution is 5.83. The number of hydrogen-bond donors (Lipinski definition) is 2. The molecular weight excluding hydrogens is 258 g/mol. The van der Waals surface area contributed by atoms with Gasteiger partial charge in [-0.25, -0.2) is 4.79 Å². The monoisotopic (exact) mass is 279 g/mol. The van der Waals surface area contributed by atoms with Crippen molar-refractivity contribution in [2.45, 2.75) is 33.2 Å². The summed E-state index contributed by atoms with van der Waals surface area (Å²) in [6.45, 7) is 5.65. The van der Waals surface area contributed by atoms with Gasteiger partial charge in [0.05, 0.1) is 13.0 Å². The van der Waals surface area contributed by atoms with Gasteiger partial charge in [-0.05, 0) is 24.5 Å². The van der Waals surface area contributed by atoms with Crippen molar-refractivity contribution in [1.29, 1.82) is 0 Å². The maximum Gasteiger partial charge on any atom is 0.326 e. The van der Waals surface area contributed by atoms with Gasteiger partial charge in [-0.3, -0.25) is 4.79 Å². The number of carboxylic acid groups (broad SMARTS) is 1. The fourth-order valence-corrected chi connectivity index (χ4v) is 1.73. The maximum atomic E-state index is 11.7. The first-order chi connectivity index (χ1) is 9.41. The molecule has 0 spiro atoms. The lowest BCUT2D eigenvalue weighted by molar-refractivity contribution is -0.143. The van der Waals surface area contributed by atoms with E-state index in [0.29, 0.717) is 0 Å². The van der Waals surface area contributed by atoms with Crippen LogP contribution in [0.15, 0.2) is 24.3 Å². The van der Waals surface area contributed by atoms with Crippen LogP contribution in [0.3, 0.4) is 0 Å². The summed E-state index contributed by atoms with van der Waals surface area (Å²) in [5, 5.41) is 11.5. The van der Waals surface area contributed by atoms with Crippen molar-refractivity contribution in [3.05, 3.63) is 29.8 Å². The summed E-state index contributed by atoms with van der Waals surface area (Å²) in [6, 6.07) is 6.67. The molecule has 0 saturated heterocycles. The lowest BCUT2D eigenvalue weighted by Gasteiger charge is -2.18. The third kappa shape index (κ3) is 4.91. The molecule has 0 aromatic heterocycles. The third-order valence-electron chi connectivity index (χ3n) is 2.93. The fraction of sp³-hybridized carbons (Fsp3) is 0.467. The number of para-hydroxylation sites is 1. The Bertz CT molecular complexity index is 471. The Morgan fingerprint density at radius 2 is 1.95 bits per heavy atom. The molecule has 2 N–H and O–H groups in total. The fourth-order valence-electron chi connectivity index (χ4n) is 1.73. The second-order valence-corrected chi connectivity index (χ2v) is 4.99. The molecule has 1 amide bonds. The Morgan fingerprint density at radius 1 is 1.30 bits per heavy atom. The molecule has 0 radical (unpaired) electrons. The molecule has 0 bridgehead atoms. The van der Waals surface area contributed by atoms with E-state index >= 15 is 0 Å². The van der Waals surface area contributed by atoms with Gasteiger partial charge in [0.1, 0.15) is 11.8 Å². The van der Waals surface area contributed by atoms with Gasteiger partial charge in [0.15, 0.2) is 0 Å². The topological polar surface area (TPSA) is 75.6 Å². The van der Waals surface area contributed by atoms with E-state index in [1.54, 1.807) is 13.8 Å². The van der Waals surface area contributed by atoms with Crippen molar-refractivity contribution in [3.8, 4) is 5.75 Å². The first-order valence-electron chi connectivity index (χ1n) is 6.62. The number of rotatable bonds is 7. The van der Waals surface area contributed by atoms with Gasteiger partial charge in [0, 0.05) is 0 Å². The molecule has 1 aromatic rings. The van der Waals surface area contributed by atoms with Gasteiger partial charge in [-0.2, -0.15) is 0 Å². The molecule has 20 heavy (non-hydrogen) atoms. The lowest BCUT2D eigenvalue weighted by atomic mass is 10.0. The number of carbonyl (C=O) groups excluding carboxylic acids is 1. The molecule has 0 saturated carbocycles. The van der Waals surface area contributed by atoms with Crippen LogP contribution in [-0.4, -0.2) is 29.6 Å². The van der Waals surface area contributed by atoms with E-state index in [0.717, 1.165) is 11.3 Å². The molecule has 5 nitrogen and oxygen atoms in total. The second-order valence-electron chi connectivity index (χ2n) is 4.99. The third-order valence-corrected chi connectivity index (χ3v) is 2.93. The zero-order valence-corrected chi connectivity index (χ0v) is 12.1. The highest BCUT2D eigenvalue weighted by Gasteiger charge is 2.23. The highest BCUT2D eigenvalue weighted by Crippen LogP contribution is 2.16. The smallest absolute Gasteiger partial charge is 0.326 e. The summed E-state index contributed by atoms with van der Waals surface area (Å²) in [5.41, 5.74) is 0.999. The number of nitrogens with one attached hydrogen (secondary N) is 1. The van der Waals surface area contributed by atoms with Crippen LogP contribution < -0.4 is 10.1 Å². The zero-order chi connectivity index (χ0) is 15.1. The molecule has 1 aromatic carbocycles. The number of ether oxygens (including phenoxy) is 1. The van der Waals surface area contributed by atoms with Crippen molar-refractivity contribution < 1.29 is 19.4 Å². The minimum absolute atomic E-state index is 0.130. The first kappa shape index (κ1) is 16.0. The van der Waals surface area contributed by atoms with E-state index in [1.807, 2.05) is 31.2 Å². The van der Waals surface area contributed by atoms with Crippen molar-refractivity contribution in [2.24, 2.45) is 5.92 Å². The van der Waals surface area contributed by atoms with Crippen LogP contribution >= 0.6 is 0 Å². The molecule has 5 heteroatoms. The zero-order valence-electron chi connectivity index (χ0n) is 12.1. The van der Waals surface area contributed by atoms with Gasteiger partial charge < -0.3 is 15.2 Å². The van der Waals surface area contributed by atoms with Gasteiger partial charge in [-0.1, -0.05) is 32.0 Å². The van der Waals surface area contributed by atoms with Crippen LogP contribution in [-0.2, 0) is 9.59 Å². The van der Waals surface area contributed by atoms with E-state index in [1.165, 1.54) is 0 Å². The normalized spacial score (nSPS) is 12.0. The molecule has 0 aliphatic carbocycles. The van der Waals surface area contributed by atoms with E-state index in [-0.39, 0.29) is 24.9 Å². The lowest BCUT2D eigenvalue weighted by Crippen LogP contribution is -2.44. The molecule has 0 unspecified atom stereocenters. The van der Waals surface area contributed by atoms with Crippen LogP contribution in [0.2, 0.25) is 0 Å². The molecule has 0 fully saturated rings. The molecule has 1 atom stereocenters. The predicted molar refractivity (Wildman–Crippen MR) is 75.7 cm³/mol. The Hall–Kier alpha value is -2.04. The molecule has 0 aliphatic heterocycles. The number of benzene rings is 1. The number of carboxylic acids is 1. The van der Waals surface area contributed by atoms with Crippen molar-refractivity contribution >= 4 is 11.9 Å². The molecule has 0 aliphatic rings. The minimum Gasteiger partial charge on any atom is -0.493 e. The van der Waals surface area contributed by atoms with Crippen LogP contribution in [0.4, 0.5) is 0 Å². The van der Waals surface area contributed by atoms with E-state index in [9.17, 15) is 9.59 Å². The summed E-state index contributed by atoms with van der Waals surface area (Å²) in [5.74, 6) is -0.763. The minimum atomic E-state index is -1.02. The molecule has 110 valence electrons. The largest absolute Gasteiger partial charge is 0.493 e. The highest BCUT2D eigenvalue weighted by atomic mass is 16.5. The average Bonchev–Trinajstić information content (AvgIpc) is 2.37. The van der Waals surface area contributed by atoms with Gasteiger partial charge in [0.25, 0.3) is 0 Å². The number of aryl methyl sites for hydroxylation is 1. The molecular formula is C15H21NO4. The summed E-state index contributed by atoms with van der Waals surface area (Å²) in [4.78, 5) is 22.7. The standard InChI is InChI=1S/C15H21NO4/c1-10(2)14(15(18)19)16-13(17)8-9-20-12-7-5-4-6-11(12)3/h4-7,10,14H,8-9H2,1-3H3,(H,16,17)(H,18,19)/t14-/m0/s1. The number of aliphatic carboxylic acids is 1. The molecule has 1 rings (SSSR count). The van der Waals surface area contributed by atoms with Crippen molar-refractivity contribution in [3.63, 3.8) is 0 Å². The van der Waals surface area contributed by atoms with Crippen LogP contribution in [0.25, 0.3) is 0 Å². The second kappa shape index (κ2) is 7.53. The first-order valence-corrected chi connectivity index (χ1v) is 6.62. The predicted octanol–water partition coefficient (Wildman–Crippen LogP) is 1.99. The number of hydrogen-bond acceptors (Lipinski definition) is 3. The summed E-state index contributed by atoms with van der Waals surface area (Å²) in [6.07, 6.45) is 0.130. The van der Waals surface area contributed by atoms with Crippen LogP contribution in [0.5, 0.6) is 5.75 Å². The van der Waals surface area contributed by atoms with E-state index < -0.39 is 12.0 Å². The number of amides is 1. The number of carbonyl (C=O) groups is 2. The van der Waals surface area contributed by atoms with E-state index in [2.05, 4.69) is 5.32 Å². The van der Waals surface area contributed by atoms with Gasteiger partial charge >= 0.3 is 5.97 Å². The summed E-state index contributed by atoms with van der Waals surface area (Å²) in [7, 11) is 0. The Kier molecular flexibility index (Phi) is 6.03. The summed E-state index contributed by atoms with van der Waals surface area (Å²) < 4.78 is 5.50. The van der Waals surface area contributed by atoms with Gasteiger partial charge in [0.2, 0.25) is 5.91 Å². The average molecular weight is 279 g/mol. The molecule has 0 heterocycles. The Labute approximate surface area is 118 Å². The summed E-state index contributed by atoms with van der Waals surface area (Å²) >= 11 is 0. The van der Waals surface area contributed by atoms with E-state index in [4.69, 9.17) is 9.84 Å². The van der Waals surface area contributed by atoms with Crippen molar-refractivity contribution in [2.75, 3.05) is 6.61 Å². The quantitative estimate of drug-likeness (QED) is 0.800. The maximum absolute atomic E-state index is 11.7. The Morgan fingerprint density at radius 3 is 2.50 bits per heavy atom. The van der Waals surface area contributed by atoms with Crippen LogP contribution in [0.1, 0.15) is 25.8 Å². The SMILES string of the molecule is Cc1ccccc1OCCC(=O)N[C@H](C(=O)O)C(C)C. The van der Waals surface area contributed by atoms with Gasteiger partial charge in [-0.15, -0.1) is 0 Å². The van der Waals surface area contributed by atoms with Crippen LogP contribution in [0, 0.1) is 12.8 Å².